The first-order valence-electron chi connectivity index (χ1n) is 6.40. The maximum absolute atomic E-state index is 5.94. The van der Waals surface area contributed by atoms with Crippen LogP contribution in [0.15, 0.2) is 0 Å². The third-order valence-electron chi connectivity index (χ3n) is 3.54. The van der Waals surface area contributed by atoms with Crippen molar-refractivity contribution in [3.63, 3.8) is 0 Å². The monoisotopic (exact) mass is 214 g/mol. The summed E-state index contributed by atoms with van der Waals surface area (Å²) in [5.41, 5.74) is 6.26. The van der Waals surface area contributed by atoms with Crippen molar-refractivity contribution < 1.29 is 0 Å². The van der Waals surface area contributed by atoms with Gasteiger partial charge >= 0.3 is 0 Å². The summed E-state index contributed by atoms with van der Waals surface area (Å²) in [4.78, 5) is 2.46. The standard InChI is InChI=1S/C13H30N2/c1-6-8-10-13(3,4)15(5)11-9-12(14)7-2/h12H,6-11,14H2,1-5H3. The molecular weight excluding hydrogens is 184 g/mol. The molecule has 0 amide bonds. The molecule has 0 aliphatic rings. The van der Waals surface area contributed by atoms with E-state index >= 15 is 0 Å². The van der Waals surface area contributed by atoms with Crippen LogP contribution < -0.4 is 5.73 Å². The van der Waals surface area contributed by atoms with Gasteiger partial charge in [0.25, 0.3) is 0 Å². The van der Waals surface area contributed by atoms with Gasteiger partial charge in [-0.15, -0.1) is 0 Å². The molecule has 0 rings (SSSR count). The summed E-state index contributed by atoms with van der Waals surface area (Å²) in [6.07, 6.45) is 6.08. The Morgan fingerprint density at radius 2 is 1.87 bits per heavy atom. The van der Waals surface area contributed by atoms with E-state index < -0.39 is 0 Å². The lowest BCUT2D eigenvalue weighted by Crippen LogP contribution is -2.43. The van der Waals surface area contributed by atoms with Crippen molar-refractivity contribution in [3.05, 3.63) is 0 Å². The van der Waals surface area contributed by atoms with E-state index in [4.69, 9.17) is 5.73 Å². The Kier molecular flexibility index (Phi) is 7.20. The van der Waals surface area contributed by atoms with Gasteiger partial charge in [-0.05, 0) is 46.7 Å². The fourth-order valence-corrected chi connectivity index (χ4v) is 1.67. The topological polar surface area (TPSA) is 29.3 Å². The zero-order valence-electron chi connectivity index (χ0n) is 11.3. The van der Waals surface area contributed by atoms with Gasteiger partial charge in [0.05, 0.1) is 0 Å². The van der Waals surface area contributed by atoms with Crippen LogP contribution in [-0.4, -0.2) is 30.1 Å². The molecule has 92 valence electrons. The highest BCUT2D eigenvalue weighted by Gasteiger charge is 2.22. The van der Waals surface area contributed by atoms with Crippen molar-refractivity contribution in [3.8, 4) is 0 Å². The minimum absolute atomic E-state index is 0.323. The Balaban J connectivity index is 3.89. The first kappa shape index (κ1) is 14.9. The highest BCUT2D eigenvalue weighted by molar-refractivity contribution is 4.79. The summed E-state index contributed by atoms with van der Waals surface area (Å²) in [6.45, 7) is 10.2. The number of hydrogen-bond donors (Lipinski definition) is 1. The zero-order chi connectivity index (χ0) is 11.9. The number of rotatable bonds is 8. The normalized spacial score (nSPS) is 14.6. The van der Waals surface area contributed by atoms with Crippen molar-refractivity contribution in [2.75, 3.05) is 13.6 Å². The minimum Gasteiger partial charge on any atom is -0.328 e. The second kappa shape index (κ2) is 7.24. The van der Waals surface area contributed by atoms with Crippen LogP contribution in [0.3, 0.4) is 0 Å². The summed E-state index contributed by atoms with van der Waals surface area (Å²) in [7, 11) is 2.22. The minimum atomic E-state index is 0.323. The molecule has 15 heavy (non-hydrogen) atoms. The molecule has 0 heterocycles. The maximum atomic E-state index is 5.94. The molecule has 1 atom stereocenters. The maximum Gasteiger partial charge on any atom is 0.0150 e. The fraction of sp³-hybridized carbons (Fsp3) is 1.00. The quantitative estimate of drug-likeness (QED) is 0.673. The van der Waals surface area contributed by atoms with Crippen LogP contribution >= 0.6 is 0 Å². The Labute approximate surface area is 96.2 Å². The predicted molar refractivity (Wildman–Crippen MR) is 69.1 cm³/mol. The molecule has 0 saturated heterocycles. The summed E-state index contributed by atoms with van der Waals surface area (Å²) < 4.78 is 0. The molecule has 0 aliphatic heterocycles. The third-order valence-corrected chi connectivity index (χ3v) is 3.54. The smallest absolute Gasteiger partial charge is 0.0150 e. The van der Waals surface area contributed by atoms with Crippen LogP contribution in [0.4, 0.5) is 0 Å². The van der Waals surface area contributed by atoms with Gasteiger partial charge in [-0.1, -0.05) is 26.7 Å². The van der Waals surface area contributed by atoms with Gasteiger partial charge in [0, 0.05) is 11.6 Å². The number of nitrogens with two attached hydrogens (primary N) is 1. The van der Waals surface area contributed by atoms with Gasteiger partial charge in [-0.3, -0.25) is 0 Å². The van der Waals surface area contributed by atoms with E-state index in [-0.39, 0.29) is 0 Å². The van der Waals surface area contributed by atoms with E-state index in [0.717, 1.165) is 19.4 Å². The molecule has 0 radical (unpaired) electrons. The van der Waals surface area contributed by atoms with Gasteiger partial charge < -0.3 is 10.6 Å². The molecule has 0 fully saturated rings. The van der Waals surface area contributed by atoms with Gasteiger partial charge in [-0.2, -0.15) is 0 Å². The summed E-state index contributed by atoms with van der Waals surface area (Å²) in [6, 6.07) is 0.370. The first-order valence-corrected chi connectivity index (χ1v) is 6.40. The highest BCUT2D eigenvalue weighted by Crippen LogP contribution is 2.20. The molecule has 0 aliphatic carbocycles. The SMILES string of the molecule is CCCCC(C)(C)N(C)CCC(N)CC. The second-order valence-corrected chi connectivity index (χ2v) is 5.29. The number of hydrogen-bond acceptors (Lipinski definition) is 2. The number of unbranched alkanes of at least 4 members (excludes halogenated alkanes) is 1. The van der Waals surface area contributed by atoms with Crippen molar-refractivity contribution >= 4 is 0 Å². The molecule has 0 aromatic rings. The Hall–Kier alpha value is -0.0800. The first-order chi connectivity index (χ1) is 6.94. The molecule has 0 saturated carbocycles. The van der Waals surface area contributed by atoms with Crippen LogP contribution in [0, 0.1) is 0 Å². The van der Waals surface area contributed by atoms with Crippen molar-refractivity contribution in [2.45, 2.75) is 71.4 Å². The molecule has 0 aromatic carbocycles. The molecule has 1 unspecified atom stereocenters. The van der Waals surface area contributed by atoms with E-state index in [0.29, 0.717) is 11.6 Å². The van der Waals surface area contributed by atoms with E-state index in [1.165, 1.54) is 19.3 Å². The lowest BCUT2D eigenvalue weighted by atomic mass is 9.95. The van der Waals surface area contributed by atoms with Gasteiger partial charge in [0.1, 0.15) is 0 Å². The van der Waals surface area contributed by atoms with Crippen molar-refractivity contribution in [1.82, 2.24) is 4.90 Å². The largest absolute Gasteiger partial charge is 0.328 e. The molecule has 0 aromatic heterocycles. The van der Waals surface area contributed by atoms with E-state index in [1.54, 1.807) is 0 Å². The van der Waals surface area contributed by atoms with Crippen LogP contribution in [-0.2, 0) is 0 Å². The summed E-state index contributed by atoms with van der Waals surface area (Å²) in [5, 5.41) is 0. The van der Waals surface area contributed by atoms with Crippen LogP contribution in [0.5, 0.6) is 0 Å². The van der Waals surface area contributed by atoms with Crippen LogP contribution in [0.1, 0.15) is 59.8 Å². The molecule has 0 bridgehead atoms. The van der Waals surface area contributed by atoms with E-state index in [9.17, 15) is 0 Å². The average Bonchev–Trinajstić information content (AvgIpc) is 2.22. The third kappa shape index (κ3) is 6.16. The molecule has 2 nitrogen and oxygen atoms in total. The lowest BCUT2D eigenvalue weighted by molar-refractivity contribution is 0.137. The second-order valence-electron chi connectivity index (χ2n) is 5.29. The molecular formula is C13H30N2. The average molecular weight is 214 g/mol. The Morgan fingerprint density at radius 1 is 1.27 bits per heavy atom. The molecule has 2 N–H and O–H groups in total. The van der Waals surface area contributed by atoms with Gasteiger partial charge in [-0.25, -0.2) is 0 Å². The highest BCUT2D eigenvalue weighted by atomic mass is 15.2. The molecule has 2 heteroatoms. The molecule has 0 spiro atoms. The fourth-order valence-electron chi connectivity index (χ4n) is 1.67. The van der Waals surface area contributed by atoms with E-state index in [1.807, 2.05) is 0 Å². The van der Waals surface area contributed by atoms with Crippen molar-refractivity contribution in [2.24, 2.45) is 5.73 Å². The number of nitrogens with zero attached hydrogens (tertiary/aromatic N) is 1. The van der Waals surface area contributed by atoms with Crippen LogP contribution in [0.25, 0.3) is 0 Å². The van der Waals surface area contributed by atoms with Gasteiger partial charge in [0.2, 0.25) is 0 Å². The summed E-state index contributed by atoms with van der Waals surface area (Å²) in [5.74, 6) is 0. The van der Waals surface area contributed by atoms with E-state index in [2.05, 4.69) is 39.6 Å². The van der Waals surface area contributed by atoms with Crippen molar-refractivity contribution in [1.29, 1.82) is 0 Å². The Bertz CT molecular complexity index is 155. The predicted octanol–water partition coefficient (Wildman–Crippen LogP) is 3.01. The zero-order valence-corrected chi connectivity index (χ0v) is 11.3. The lowest BCUT2D eigenvalue weighted by Gasteiger charge is -2.36. The van der Waals surface area contributed by atoms with Gasteiger partial charge in [0.15, 0.2) is 0 Å². The Morgan fingerprint density at radius 3 is 2.33 bits per heavy atom. The summed E-state index contributed by atoms with van der Waals surface area (Å²) >= 11 is 0. The van der Waals surface area contributed by atoms with Crippen LogP contribution in [0.2, 0.25) is 0 Å².